The highest BCUT2D eigenvalue weighted by atomic mass is 16.5. The molecule has 2 amide bonds. The van der Waals surface area contributed by atoms with Crippen LogP contribution in [0.5, 0.6) is 0 Å². The largest absolute Gasteiger partial charge is 0.466 e. The Morgan fingerprint density at radius 2 is 0.864 bits per heavy atom. The Balaban J connectivity index is 2.05. The maximum atomic E-state index is 13.4. The molecule has 0 aromatic rings. The van der Waals surface area contributed by atoms with Gasteiger partial charge < -0.3 is 29.9 Å². The molecule has 2 fully saturated rings. The summed E-state index contributed by atoms with van der Waals surface area (Å²) in [5, 5.41) is 7.36. The second-order valence-corrected chi connectivity index (χ2v) is 15.5. The van der Waals surface area contributed by atoms with Crippen molar-refractivity contribution >= 4 is 23.8 Å². The number of nitrogens with one attached hydrogen (secondary N) is 2. The molecule has 0 spiro atoms. The lowest BCUT2D eigenvalue weighted by atomic mass is 9.78. The van der Waals surface area contributed by atoms with E-state index in [1.54, 1.807) is 13.8 Å². The molecule has 2 rings (SSSR count). The monoisotopic (exact) mass is 622 g/mol. The lowest BCUT2D eigenvalue weighted by Crippen LogP contribution is -2.63. The number of piperidine rings is 2. The van der Waals surface area contributed by atoms with Gasteiger partial charge in [-0.2, -0.15) is 0 Å². The van der Waals surface area contributed by atoms with Gasteiger partial charge in [0.1, 0.15) is 12.8 Å². The molecule has 0 bridgehead atoms. The Bertz CT molecular complexity index is 882. The van der Waals surface area contributed by atoms with Gasteiger partial charge in [0.2, 0.25) is 11.8 Å². The van der Waals surface area contributed by atoms with Crippen molar-refractivity contribution in [1.82, 2.24) is 20.4 Å². The zero-order valence-electron chi connectivity index (χ0n) is 29.4. The molecule has 10 heteroatoms. The number of hydrogen-bond donors (Lipinski definition) is 2. The van der Waals surface area contributed by atoms with Crippen LogP contribution in [0.25, 0.3) is 0 Å². The molecule has 2 N–H and O–H groups in total. The molecule has 0 unspecified atom stereocenters. The molecule has 0 aliphatic carbocycles. The van der Waals surface area contributed by atoms with Gasteiger partial charge in [0, 0.05) is 47.3 Å². The predicted octanol–water partition coefficient (Wildman–Crippen LogP) is 4.73. The van der Waals surface area contributed by atoms with E-state index in [9.17, 15) is 19.2 Å². The highest BCUT2D eigenvalue weighted by molar-refractivity contribution is 5.95. The number of ether oxygens (including phenoxy) is 2. The summed E-state index contributed by atoms with van der Waals surface area (Å²) in [6.07, 6.45) is 6.17. The quantitative estimate of drug-likeness (QED) is 0.153. The maximum absolute atomic E-state index is 13.4. The van der Waals surface area contributed by atoms with Crippen LogP contribution in [0.4, 0.5) is 0 Å². The van der Waals surface area contributed by atoms with E-state index in [-0.39, 0.29) is 72.1 Å². The lowest BCUT2D eigenvalue weighted by molar-refractivity contribution is -0.152. The molecule has 0 aromatic heterocycles. The molecular formula is C34H62N4O6. The third-order valence-corrected chi connectivity index (χ3v) is 8.61. The van der Waals surface area contributed by atoms with E-state index in [1.807, 2.05) is 9.80 Å². The number of rotatable bonds is 15. The minimum atomic E-state index is -0.480. The van der Waals surface area contributed by atoms with Gasteiger partial charge in [-0.05, 0) is 108 Å². The second-order valence-electron chi connectivity index (χ2n) is 15.5. The average Bonchev–Trinajstić information content (AvgIpc) is 2.81. The van der Waals surface area contributed by atoms with Crippen LogP contribution in [0.3, 0.4) is 0 Å². The molecule has 0 aromatic carbocycles. The van der Waals surface area contributed by atoms with Gasteiger partial charge in [0.05, 0.1) is 13.2 Å². The maximum Gasteiger partial charge on any atom is 0.315 e. The Morgan fingerprint density at radius 1 is 0.568 bits per heavy atom. The van der Waals surface area contributed by atoms with Crippen molar-refractivity contribution in [3.8, 4) is 0 Å². The first kappa shape index (κ1) is 38.0. The lowest BCUT2D eigenvalue weighted by Gasteiger charge is -2.49. The molecule has 2 heterocycles. The fraction of sp³-hybridized carbons (Fsp3) is 0.882. The summed E-state index contributed by atoms with van der Waals surface area (Å²) in [5.41, 5.74) is -0.531. The Kier molecular flexibility index (Phi) is 13.7. The van der Waals surface area contributed by atoms with Crippen LogP contribution < -0.4 is 10.6 Å². The summed E-state index contributed by atoms with van der Waals surface area (Å²) >= 11 is 0. The highest BCUT2D eigenvalue weighted by Gasteiger charge is 2.42. The molecule has 2 saturated heterocycles. The fourth-order valence-corrected chi connectivity index (χ4v) is 7.79. The summed E-state index contributed by atoms with van der Waals surface area (Å²) in [6, 6.07) is 0.0663. The third kappa shape index (κ3) is 12.7. The van der Waals surface area contributed by atoms with Gasteiger partial charge in [-0.15, -0.1) is 0 Å². The molecule has 0 radical (unpaired) electrons. The van der Waals surface area contributed by atoms with E-state index in [0.29, 0.717) is 13.1 Å². The van der Waals surface area contributed by atoms with Crippen LogP contribution in [-0.4, -0.2) is 94.1 Å². The smallest absolute Gasteiger partial charge is 0.315 e. The van der Waals surface area contributed by atoms with E-state index in [0.717, 1.165) is 51.4 Å². The van der Waals surface area contributed by atoms with Gasteiger partial charge >= 0.3 is 11.9 Å². The van der Waals surface area contributed by atoms with Crippen molar-refractivity contribution in [2.24, 2.45) is 0 Å². The molecule has 254 valence electrons. The van der Waals surface area contributed by atoms with Crippen molar-refractivity contribution in [2.75, 3.05) is 26.3 Å². The van der Waals surface area contributed by atoms with E-state index >= 15 is 0 Å². The van der Waals surface area contributed by atoms with Crippen LogP contribution >= 0.6 is 0 Å². The zero-order chi connectivity index (χ0) is 33.3. The average molecular weight is 623 g/mol. The van der Waals surface area contributed by atoms with E-state index in [1.165, 1.54) is 0 Å². The third-order valence-electron chi connectivity index (χ3n) is 8.61. The molecule has 2 aliphatic heterocycles. The first-order valence-corrected chi connectivity index (χ1v) is 16.8. The molecule has 2 aliphatic rings. The van der Waals surface area contributed by atoms with Gasteiger partial charge in [-0.25, -0.2) is 0 Å². The summed E-state index contributed by atoms with van der Waals surface area (Å²) in [7, 11) is 0. The van der Waals surface area contributed by atoms with Crippen molar-refractivity contribution in [1.29, 1.82) is 0 Å². The molecule has 0 atom stereocenters. The van der Waals surface area contributed by atoms with E-state index in [4.69, 9.17) is 9.47 Å². The summed E-state index contributed by atoms with van der Waals surface area (Å²) in [4.78, 5) is 55.0. The Labute approximate surface area is 266 Å². The topological polar surface area (TPSA) is 117 Å². The number of hydrogen-bond acceptors (Lipinski definition) is 8. The van der Waals surface area contributed by atoms with Gasteiger partial charge in [0.15, 0.2) is 0 Å². The van der Waals surface area contributed by atoms with Crippen LogP contribution in [0.2, 0.25) is 0 Å². The van der Waals surface area contributed by atoms with Crippen molar-refractivity contribution in [3.63, 3.8) is 0 Å². The number of nitrogens with zero attached hydrogens (tertiary/aromatic N) is 2. The Hall–Kier alpha value is -2.20. The van der Waals surface area contributed by atoms with Crippen LogP contribution in [-0.2, 0) is 28.7 Å². The highest BCUT2D eigenvalue weighted by Crippen LogP contribution is 2.33. The number of carbonyl (C=O) groups excluding carboxylic acids is 4. The fourth-order valence-electron chi connectivity index (χ4n) is 7.79. The second kappa shape index (κ2) is 15.9. The minimum absolute atomic E-state index is 0.0331. The number of unbranched alkanes of at least 4 members (excludes halogenated alkanes) is 3. The number of esters is 2. The molecule has 10 nitrogen and oxygen atoms in total. The molecular weight excluding hydrogens is 560 g/mol. The molecule has 44 heavy (non-hydrogen) atoms. The minimum Gasteiger partial charge on any atom is -0.466 e. The summed E-state index contributed by atoms with van der Waals surface area (Å²) in [5.74, 6) is -1.30. The van der Waals surface area contributed by atoms with E-state index in [2.05, 4.69) is 66.0 Å². The number of amides is 2. The first-order valence-electron chi connectivity index (χ1n) is 16.8. The normalized spacial score (nSPS) is 20.9. The van der Waals surface area contributed by atoms with Crippen molar-refractivity contribution in [3.05, 3.63) is 0 Å². The Morgan fingerprint density at radius 3 is 1.14 bits per heavy atom. The van der Waals surface area contributed by atoms with Gasteiger partial charge in [0.25, 0.3) is 0 Å². The SMILES string of the molecule is CCOC(=O)CC(=O)N(CCCCCCN(C(=O)CC(=O)OCC)C1CC(C)(C)NC(C)(C)C1)C1CC(C)(C)NC(C)(C)C1. The zero-order valence-corrected chi connectivity index (χ0v) is 29.4. The van der Waals surface area contributed by atoms with Gasteiger partial charge in [-0.3, -0.25) is 19.2 Å². The van der Waals surface area contributed by atoms with Crippen molar-refractivity contribution < 1.29 is 28.7 Å². The summed E-state index contributed by atoms with van der Waals surface area (Å²) < 4.78 is 10.2. The first-order chi connectivity index (χ1) is 20.3. The molecule has 0 saturated carbocycles. The van der Waals surface area contributed by atoms with Crippen LogP contribution in [0.15, 0.2) is 0 Å². The van der Waals surface area contributed by atoms with Crippen LogP contribution in [0.1, 0.15) is 133 Å². The summed E-state index contributed by atoms with van der Waals surface area (Å²) in [6.45, 7) is 22.5. The predicted molar refractivity (Wildman–Crippen MR) is 173 cm³/mol. The van der Waals surface area contributed by atoms with E-state index < -0.39 is 11.9 Å². The van der Waals surface area contributed by atoms with Crippen LogP contribution in [0, 0.1) is 0 Å². The van der Waals surface area contributed by atoms with Crippen molar-refractivity contribution in [2.45, 2.75) is 168 Å². The van der Waals surface area contributed by atoms with Gasteiger partial charge in [-0.1, -0.05) is 12.8 Å². The number of carbonyl (C=O) groups is 4. The standard InChI is InChI=1S/C34H62N4O6/c1-11-43-29(41)19-27(39)37(25-21-31(3,4)35-32(5,6)22-25)17-15-13-14-16-18-38(28(40)20-30(42)44-12-2)26-23-33(7,8)36-34(9,10)24-26/h25-26,35-36H,11-24H2,1-10H3.